The van der Waals surface area contributed by atoms with E-state index in [1.54, 1.807) is 0 Å². The maximum absolute atomic E-state index is 13.1. The summed E-state index contributed by atoms with van der Waals surface area (Å²) in [5.74, 6) is 0.251. The van der Waals surface area contributed by atoms with E-state index in [9.17, 15) is 4.79 Å². The third-order valence-electron chi connectivity index (χ3n) is 7.33. The van der Waals surface area contributed by atoms with Gasteiger partial charge in [-0.3, -0.25) is 4.79 Å². The van der Waals surface area contributed by atoms with Crippen LogP contribution < -0.4 is 0 Å². The van der Waals surface area contributed by atoms with Crippen LogP contribution in [-0.2, 0) is 17.6 Å². The molecule has 0 radical (unpaired) electrons. The van der Waals surface area contributed by atoms with Crippen LogP contribution >= 0.6 is 0 Å². The normalized spacial score (nSPS) is 15.1. The molecule has 0 unspecified atom stereocenters. The smallest absolute Gasteiger partial charge is 0.222 e. The Morgan fingerprint density at radius 2 is 1.71 bits per heavy atom. The number of hydrogen-bond donors (Lipinski definition) is 0. The fourth-order valence-electron chi connectivity index (χ4n) is 5.32. The van der Waals surface area contributed by atoms with Crippen LogP contribution in [0.25, 0.3) is 16.6 Å². The summed E-state index contributed by atoms with van der Waals surface area (Å²) in [4.78, 5) is 22.6. The molecule has 0 saturated carbocycles. The first-order valence-electron chi connectivity index (χ1n) is 12.9. The van der Waals surface area contributed by atoms with E-state index in [0.717, 1.165) is 85.5 Å². The maximum Gasteiger partial charge on any atom is 0.222 e. The van der Waals surface area contributed by atoms with E-state index in [0.29, 0.717) is 12.8 Å². The molecule has 2 aromatic heterocycles. The van der Waals surface area contributed by atoms with E-state index >= 15 is 0 Å². The lowest BCUT2D eigenvalue weighted by atomic mass is 10.1. The van der Waals surface area contributed by atoms with Gasteiger partial charge < -0.3 is 9.80 Å². The molecule has 0 spiro atoms. The van der Waals surface area contributed by atoms with Crippen LogP contribution in [0.2, 0.25) is 0 Å². The summed E-state index contributed by atoms with van der Waals surface area (Å²) in [5, 5.41) is 5.82. The third kappa shape index (κ3) is 5.22. The van der Waals surface area contributed by atoms with Crippen molar-refractivity contribution in [2.75, 3.05) is 32.7 Å². The summed E-state index contributed by atoms with van der Waals surface area (Å²) in [6.45, 7) is 8.95. The standard InChI is InChI=1S/C29H35N5O/c1-22-25(23(2)34-29(30-22)26-13-6-7-14-27(26)31-34)15-16-28(35)33-19-9-18-32(20-21-33)17-8-12-24-10-4-3-5-11-24/h3-7,10-11,13-14H,8-9,12,15-21H2,1-2H3. The molecule has 1 aliphatic rings. The Hall–Kier alpha value is -3.25. The Kier molecular flexibility index (Phi) is 7.09. The minimum absolute atomic E-state index is 0.251. The monoisotopic (exact) mass is 469 g/mol. The Labute approximate surface area is 207 Å². The first-order chi connectivity index (χ1) is 17.1. The van der Waals surface area contributed by atoms with Crippen LogP contribution in [0.5, 0.6) is 0 Å². The highest BCUT2D eigenvalue weighted by Crippen LogP contribution is 2.23. The Balaban J connectivity index is 1.17. The second-order valence-corrected chi connectivity index (χ2v) is 9.68. The molecule has 1 aliphatic heterocycles. The SMILES string of the molecule is Cc1nc2c3ccccc3nn2c(C)c1CCC(=O)N1CCCN(CCCc2ccccc2)CC1. The molecule has 6 nitrogen and oxygen atoms in total. The van der Waals surface area contributed by atoms with Crippen LogP contribution in [0.3, 0.4) is 0 Å². The molecule has 5 rings (SSSR count). The molecule has 2 aromatic carbocycles. The fourth-order valence-corrected chi connectivity index (χ4v) is 5.32. The van der Waals surface area contributed by atoms with E-state index in [-0.39, 0.29) is 5.91 Å². The van der Waals surface area contributed by atoms with Crippen molar-refractivity contribution in [1.82, 2.24) is 24.4 Å². The van der Waals surface area contributed by atoms with Crippen LogP contribution in [0.4, 0.5) is 0 Å². The van der Waals surface area contributed by atoms with Gasteiger partial charge in [0, 0.05) is 42.8 Å². The molecule has 1 saturated heterocycles. The van der Waals surface area contributed by atoms with Gasteiger partial charge in [0.25, 0.3) is 0 Å². The highest BCUT2D eigenvalue weighted by atomic mass is 16.2. The number of rotatable bonds is 7. The summed E-state index contributed by atoms with van der Waals surface area (Å²) in [7, 11) is 0. The van der Waals surface area contributed by atoms with Gasteiger partial charge in [-0.2, -0.15) is 5.10 Å². The van der Waals surface area contributed by atoms with Gasteiger partial charge in [0.15, 0.2) is 5.65 Å². The highest BCUT2D eigenvalue weighted by Gasteiger charge is 2.20. The summed E-state index contributed by atoms with van der Waals surface area (Å²) in [6.07, 6.45) is 4.54. The third-order valence-corrected chi connectivity index (χ3v) is 7.33. The molecule has 0 atom stereocenters. The number of hydrogen-bond acceptors (Lipinski definition) is 4. The minimum atomic E-state index is 0.251. The number of amides is 1. The number of carbonyl (C=O) groups is 1. The predicted octanol–water partition coefficient (Wildman–Crippen LogP) is 4.60. The zero-order valence-corrected chi connectivity index (χ0v) is 20.9. The molecule has 1 fully saturated rings. The Morgan fingerprint density at radius 3 is 2.57 bits per heavy atom. The van der Waals surface area contributed by atoms with Gasteiger partial charge in [0.2, 0.25) is 5.91 Å². The summed E-state index contributed by atoms with van der Waals surface area (Å²) >= 11 is 0. The van der Waals surface area contributed by atoms with E-state index < -0.39 is 0 Å². The topological polar surface area (TPSA) is 53.7 Å². The lowest BCUT2D eigenvalue weighted by molar-refractivity contribution is -0.131. The van der Waals surface area contributed by atoms with Gasteiger partial charge in [0.05, 0.1) is 5.52 Å². The molecule has 0 N–H and O–H groups in total. The molecule has 0 aliphatic carbocycles. The molecule has 3 heterocycles. The Morgan fingerprint density at radius 1 is 0.914 bits per heavy atom. The molecule has 182 valence electrons. The molecule has 1 amide bonds. The van der Waals surface area contributed by atoms with Gasteiger partial charge in [-0.05, 0) is 75.9 Å². The molecule has 35 heavy (non-hydrogen) atoms. The zero-order valence-electron chi connectivity index (χ0n) is 20.9. The van der Waals surface area contributed by atoms with Crippen molar-refractivity contribution in [2.45, 2.75) is 46.0 Å². The predicted molar refractivity (Wildman–Crippen MR) is 141 cm³/mol. The van der Waals surface area contributed by atoms with E-state index in [4.69, 9.17) is 10.1 Å². The van der Waals surface area contributed by atoms with Crippen molar-refractivity contribution >= 4 is 22.5 Å². The number of aromatic nitrogens is 3. The summed E-state index contributed by atoms with van der Waals surface area (Å²) < 4.78 is 1.94. The molecule has 6 heteroatoms. The van der Waals surface area contributed by atoms with Crippen LogP contribution in [0.1, 0.15) is 41.8 Å². The molecular weight excluding hydrogens is 434 g/mol. The number of aryl methyl sites for hydroxylation is 3. The van der Waals surface area contributed by atoms with E-state index in [1.165, 1.54) is 5.56 Å². The van der Waals surface area contributed by atoms with Gasteiger partial charge in [-0.25, -0.2) is 9.50 Å². The zero-order chi connectivity index (χ0) is 24.2. The summed E-state index contributed by atoms with van der Waals surface area (Å²) in [5.41, 5.74) is 6.46. The second-order valence-electron chi connectivity index (χ2n) is 9.68. The number of nitrogens with zero attached hydrogens (tertiary/aromatic N) is 5. The van der Waals surface area contributed by atoms with E-state index in [2.05, 4.69) is 53.1 Å². The van der Waals surface area contributed by atoms with Crippen LogP contribution in [0, 0.1) is 13.8 Å². The van der Waals surface area contributed by atoms with Crippen molar-refractivity contribution in [3.8, 4) is 0 Å². The van der Waals surface area contributed by atoms with Gasteiger partial charge in [-0.15, -0.1) is 0 Å². The van der Waals surface area contributed by atoms with Gasteiger partial charge in [0.1, 0.15) is 0 Å². The lowest BCUT2D eigenvalue weighted by Gasteiger charge is -2.22. The van der Waals surface area contributed by atoms with E-state index in [1.807, 2.05) is 29.6 Å². The van der Waals surface area contributed by atoms with Crippen molar-refractivity contribution < 1.29 is 4.79 Å². The molecular formula is C29H35N5O. The van der Waals surface area contributed by atoms with Gasteiger partial charge in [-0.1, -0.05) is 42.5 Å². The quantitative estimate of drug-likeness (QED) is 0.397. The van der Waals surface area contributed by atoms with Crippen molar-refractivity contribution in [3.05, 3.63) is 77.1 Å². The molecule has 4 aromatic rings. The number of benzene rings is 2. The largest absolute Gasteiger partial charge is 0.341 e. The number of fused-ring (bicyclic) bond motifs is 3. The van der Waals surface area contributed by atoms with Crippen molar-refractivity contribution in [2.24, 2.45) is 0 Å². The number of carbonyl (C=O) groups excluding carboxylic acids is 1. The minimum Gasteiger partial charge on any atom is -0.341 e. The van der Waals surface area contributed by atoms with Crippen molar-refractivity contribution in [1.29, 1.82) is 0 Å². The first kappa shape index (κ1) is 23.5. The highest BCUT2D eigenvalue weighted by molar-refractivity contribution is 5.92. The summed E-state index contributed by atoms with van der Waals surface area (Å²) in [6, 6.07) is 18.8. The average Bonchev–Trinajstić information content (AvgIpc) is 3.07. The average molecular weight is 470 g/mol. The van der Waals surface area contributed by atoms with Crippen molar-refractivity contribution in [3.63, 3.8) is 0 Å². The fraction of sp³-hybridized carbons (Fsp3) is 0.414. The lowest BCUT2D eigenvalue weighted by Crippen LogP contribution is -2.35. The van der Waals surface area contributed by atoms with Gasteiger partial charge >= 0.3 is 0 Å². The molecule has 0 bridgehead atoms. The Bertz CT molecular complexity index is 1310. The maximum atomic E-state index is 13.1. The first-order valence-corrected chi connectivity index (χ1v) is 12.9. The van der Waals surface area contributed by atoms with Crippen LogP contribution in [0.15, 0.2) is 54.6 Å². The second kappa shape index (κ2) is 10.6. The van der Waals surface area contributed by atoms with Crippen LogP contribution in [-0.4, -0.2) is 63.0 Å².